The van der Waals surface area contributed by atoms with Gasteiger partial charge in [0.2, 0.25) is 0 Å². The number of ether oxygens (including phenoxy) is 1. The molecule has 1 rings (SSSR count). The monoisotopic (exact) mass is 253 g/mol. The highest BCUT2D eigenvalue weighted by Gasteiger charge is 2.06. The van der Waals surface area contributed by atoms with Crippen molar-refractivity contribution in [1.82, 2.24) is 10.3 Å². The van der Waals surface area contributed by atoms with Gasteiger partial charge in [-0.15, -0.1) is 0 Å². The second-order valence-electron chi connectivity index (χ2n) is 3.62. The lowest BCUT2D eigenvalue weighted by Crippen LogP contribution is -2.34. The summed E-state index contributed by atoms with van der Waals surface area (Å²) in [6.45, 7) is 2.20. The summed E-state index contributed by atoms with van der Waals surface area (Å²) >= 11 is 0. The Bertz CT molecular complexity index is 419. The predicted molar refractivity (Wildman–Crippen MR) is 64.7 cm³/mol. The van der Waals surface area contributed by atoms with Crippen LogP contribution in [0.3, 0.4) is 0 Å². The maximum Gasteiger partial charge on any atom is 0.354 e. The van der Waals surface area contributed by atoms with E-state index < -0.39 is 12.0 Å². The summed E-state index contributed by atoms with van der Waals surface area (Å²) < 4.78 is 4.97. The number of urea groups is 1. The number of amides is 2. The number of carbonyl (C=O) groups excluding carboxylic acids is 1. The van der Waals surface area contributed by atoms with Crippen molar-refractivity contribution in [3.63, 3.8) is 0 Å². The number of hydrogen-bond donors (Lipinski definition) is 3. The number of aromatic carboxylic acids is 1. The summed E-state index contributed by atoms with van der Waals surface area (Å²) in [6, 6.07) is 2.38. The Morgan fingerprint density at radius 2 is 2.22 bits per heavy atom. The minimum Gasteiger partial charge on any atom is -0.477 e. The van der Waals surface area contributed by atoms with Crippen LogP contribution < -0.4 is 10.6 Å². The van der Waals surface area contributed by atoms with Gasteiger partial charge in [-0.25, -0.2) is 14.6 Å². The third-order valence-electron chi connectivity index (χ3n) is 2.19. The molecule has 7 nitrogen and oxygen atoms in total. The van der Waals surface area contributed by atoms with Gasteiger partial charge in [0.05, 0.1) is 18.0 Å². The van der Waals surface area contributed by atoms with Crippen LogP contribution in [0.4, 0.5) is 10.5 Å². The zero-order valence-corrected chi connectivity index (χ0v) is 10.1. The SMILES string of the molecule is COC(C)CNC(=O)Nc1ccc(C(=O)O)nc1. The molecule has 7 heteroatoms. The van der Waals surface area contributed by atoms with Crippen LogP contribution in [0.1, 0.15) is 17.4 Å². The fourth-order valence-corrected chi connectivity index (χ4v) is 1.09. The van der Waals surface area contributed by atoms with E-state index in [-0.39, 0.29) is 11.8 Å². The lowest BCUT2D eigenvalue weighted by Gasteiger charge is -2.11. The van der Waals surface area contributed by atoms with Gasteiger partial charge in [0.25, 0.3) is 0 Å². The summed E-state index contributed by atoms with van der Waals surface area (Å²) in [5.74, 6) is -1.11. The third kappa shape index (κ3) is 4.38. The van der Waals surface area contributed by atoms with Gasteiger partial charge in [0.15, 0.2) is 0 Å². The van der Waals surface area contributed by atoms with Crippen molar-refractivity contribution in [2.24, 2.45) is 0 Å². The van der Waals surface area contributed by atoms with E-state index in [0.29, 0.717) is 12.2 Å². The third-order valence-corrected chi connectivity index (χ3v) is 2.19. The van der Waals surface area contributed by atoms with Gasteiger partial charge in [-0.3, -0.25) is 0 Å². The highest BCUT2D eigenvalue weighted by atomic mass is 16.5. The molecule has 1 heterocycles. The van der Waals surface area contributed by atoms with Gasteiger partial charge in [-0.05, 0) is 19.1 Å². The van der Waals surface area contributed by atoms with Crippen LogP contribution in [0.15, 0.2) is 18.3 Å². The molecule has 0 aliphatic carbocycles. The average molecular weight is 253 g/mol. The molecular formula is C11H15N3O4. The Kier molecular flexibility index (Phi) is 5.06. The van der Waals surface area contributed by atoms with Crippen LogP contribution in [0.2, 0.25) is 0 Å². The summed E-state index contributed by atoms with van der Waals surface area (Å²) in [5, 5.41) is 13.8. The van der Waals surface area contributed by atoms with E-state index >= 15 is 0 Å². The number of pyridine rings is 1. The number of anilines is 1. The summed E-state index contributed by atoms with van der Waals surface area (Å²) in [4.78, 5) is 25.7. The molecule has 1 aromatic rings. The number of aromatic nitrogens is 1. The molecule has 0 saturated carbocycles. The largest absolute Gasteiger partial charge is 0.477 e. The number of nitrogens with zero attached hydrogens (tertiary/aromatic N) is 1. The maximum atomic E-state index is 11.4. The van der Waals surface area contributed by atoms with Crippen molar-refractivity contribution >= 4 is 17.7 Å². The number of carbonyl (C=O) groups is 2. The molecule has 0 fully saturated rings. The number of methoxy groups -OCH3 is 1. The standard InChI is InChI=1S/C11H15N3O4/c1-7(18-2)5-13-11(17)14-8-3-4-9(10(15)16)12-6-8/h3-4,6-7H,5H2,1-2H3,(H,15,16)(H2,13,14,17). The van der Waals surface area contributed by atoms with Crippen molar-refractivity contribution in [3.05, 3.63) is 24.0 Å². The van der Waals surface area contributed by atoms with Crippen LogP contribution in [-0.4, -0.2) is 41.8 Å². The maximum absolute atomic E-state index is 11.4. The first kappa shape index (κ1) is 13.9. The Morgan fingerprint density at radius 1 is 1.50 bits per heavy atom. The number of hydrogen-bond acceptors (Lipinski definition) is 4. The Labute approximate surface area is 104 Å². The van der Waals surface area contributed by atoms with Gasteiger partial charge >= 0.3 is 12.0 Å². The molecule has 1 aromatic heterocycles. The molecule has 0 bridgehead atoms. The van der Waals surface area contributed by atoms with Crippen molar-refractivity contribution in [2.75, 3.05) is 19.0 Å². The average Bonchev–Trinajstić information content (AvgIpc) is 2.36. The summed E-state index contributed by atoms with van der Waals surface area (Å²) in [7, 11) is 1.55. The fraction of sp³-hybridized carbons (Fsp3) is 0.364. The van der Waals surface area contributed by atoms with Crippen LogP contribution in [0, 0.1) is 0 Å². The minimum atomic E-state index is -1.11. The first-order valence-electron chi connectivity index (χ1n) is 5.30. The summed E-state index contributed by atoms with van der Waals surface area (Å²) in [5.41, 5.74) is 0.344. The molecule has 0 aliphatic rings. The molecule has 98 valence electrons. The normalized spacial score (nSPS) is 11.7. The first-order chi connectivity index (χ1) is 8.52. The van der Waals surface area contributed by atoms with E-state index in [1.165, 1.54) is 18.3 Å². The summed E-state index contributed by atoms with van der Waals surface area (Å²) in [6.07, 6.45) is 1.20. The molecule has 2 amide bonds. The Morgan fingerprint density at radius 3 is 2.72 bits per heavy atom. The van der Waals surface area contributed by atoms with Gasteiger partial charge < -0.3 is 20.5 Å². The van der Waals surface area contributed by atoms with Gasteiger partial charge in [-0.1, -0.05) is 0 Å². The van der Waals surface area contributed by atoms with Gasteiger partial charge in [0.1, 0.15) is 5.69 Å². The second-order valence-corrected chi connectivity index (χ2v) is 3.62. The quantitative estimate of drug-likeness (QED) is 0.725. The fourth-order valence-electron chi connectivity index (χ4n) is 1.09. The molecule has 0 saturated heterocycles. The Balaban J connectivity index is 2.47. The molecule has 0 aliphatic heterocycles. The molecule has 0 aromatic carbocycles. The zero-order valence-electron chi connectivity index (χ0n) is 10.1. The molecule has 18 heavy (non-hydrogen) atoms. The van der Waals surface area contributed by atoms with Crippen molar-refractivity contribution < 1.29 is 19.4 Å². The smallest absolute Gasteiger partial charge is 0.354 e. The lowest BCUT2D eigenvalue weighted by atomic mass is 10.3. The Hall–Kier alpha value is -2.15. The molecule has 1 unspecified atom stereocenters. The van der Waals surface area contributed by atoms with E-state index in [1.54, 1.807) is 7.11 Å². The van der Waals surface area contributed by atoms with E-state index in [9.17, 15) is 9.59 Å². The number of nitrogens with one attached hydrogen (secondary N) is 2. The molecule has 1 atom stereocenters. The van der Waals surface area contributed by atoms with Gasteiger partial charge in [-0.2, -0.15) is 0 Å². The van der Waals surface area contributed by atoms with E-state index in [2.05, 4.69) is 15.6 Å². The lowest BCUT2D eigenvalue weighted by molar-refractivity contribution is 0.0690. The van der Waals surface area contributed by atoms with Crippen LogP contribution in [-0.2, 0) is 4.74 Å². The molecular weight excluding hydrogens is 238 g/mol. The zero-order chi connectivity index (χ0) is 13.5. The van der Waals surface area contributed by atoms with Crippen molar-refractivity contribution in [1.29, 1.82) is 0 Å². The number of rotatable bonds is 5. The van der Waals surface area contributed by atoms with E-state index in [0.717, 1.165) is 0 Å². The van der Waals surface area contributed by atoms with Crippen LogP contribution in [0.5, 0.6) is 0 Å². The van der Waals surface area contributed by atoms with Crippen molar-refractivity contribution in [2.45, 2.75) is 13.0 Å². The van der Waals surface area contributed by atoms with Gasteiger partial charge in [0, 0.05) is 13.7 Å². The first-order valence-corrected chi connectivity index (χ1v) is 5.30. The molecule has 3 N–H and O–H groups in total. The highest BCUT2D eigenvalue weighted by molar-refractivity contribution is 5.90. The van der Waals surface area contributed by atoms with Crippen LogP contribution >= 0.6 is 0 Å². The van der Waals surface area contributed by atoms with E-state index in [4.69, 9.17) is 9.84 Å². The van der Waals surface area contributed by atoms with E-state index in [1.807, 2.05) is 6.92 Å². The van der Waals surface area contributed by atoms with Crippen molar-refractivity contribution in [3.8, 4) is 0 Å². The number of carboxylic acid groups (broad SMARTS) is 1. The predicted octanol–water partition coefficient (Wildman–Crippen LogP) is 0.936. The molecule has 0 radical (unpaired) electrons. The number of carboxylic acids is 1. The topological polar surface area (TPSA) is 101 Å². The van der Waals surface area contributed by atoms with Crippen LogP contribution in [0.25, 0.3) is 0 Å². The highest BCUT2D eigenvalue weighted by Crippen LogP contribution is 2.05. The molecule has 0 spiro atoms. The minimum absolute atomic E-state index is 0.0750. The second kappa shape index (κ2) is 6.55.